The Balaban J connectivity index is 4.01. The summed E-state index contributed by atoms with van der Waals surface area (Å²) < 4.78 is 0. The van der Waals surface area contributed by atoms with Crippen LogP contribution in [-0.4, -0.2) is 28.2 Å². The lowest BCUT2D eigenvalue weighted by atomic mass is 9.98. The molecule has 5 nitrogen and oxygen atoms in total. The van der Waals surface area contributed by atoms with E-state index in [1.54, 1.807) is 0 Å². The first-order valence-corrected chi connectivity index (χ1v) is 3.43. The molecule has 0 amide bonds. The number of aliphatic hydroxyl groups is 1. The summed E-state index contributed by atoms with van der Waals surface area (Å²) in [5.74, 6) is 0. The van der Waals surface area contributed by atoms with Gasteiger partial charge in [-0.15, -0.1) is 0 Å². The van der Waals surface area contributed by atoms with E-state index in [0.29, 0.717) is 0 Å². The minimum Gasteiger partial charge on any atom is -0.392 e. The third-order valence-electron chi connectivity index (χ3n) is 1.50. The molecule has 0 heterocycles. The van der Waals surface area contributed by atoms with E-state index in [1.807, 2.05) is 0 Å². The number of aliphatic hydroxyl groups excluding tert-OH is 1. The van der Waals surface area contributed by atoms with Gasteiger partial charge in [-0.25, -0.2) is 0 Å². The number of hydrogen-bond acceptors (Lipinski definition) is 4. The predicted molar refractivity (Wildman–Crippen MR) is 40.8 cm³/mol. The van der Waals surface area contributed by atoms with Gasteiger partial charge in [0.1, 0.15) is 0 Å². The Morgan fingerprint density at radius 3 is 2.45 bits per heavy atom. The Bertz CT molecular complexity index is 147. The molecule has 1 atom stereocenters. The molecule has 0 aliphatic carbocycles. The lowest BCUT2D eigenvalue weighted by Crippen LogP contribution is -2.37. The van der Waals surface area contributed by atoms with Crippen molar-refractivity contribution >= 4 is 0 Å². The lowest BCUT2D eigenvalue weighted by Gasteiger charge is -2.17. The highest BCUT2D eigenvalue weighted by Crippen LogP contribution is 2.14. The predicted octanol–water partition coefficient (Wildman–Crippen LogP) is -0.249. The van der Waals surface area contributed by atoms with Crippen molar-refractivity contribution in [2.24, 2.45) is 5.73 Å². The van der Waals surface area contributed by atoms with Crippen LogP contribution >= 0.6 is 0 Å². The van der Waals surface area contributed by atoms with Gasteiger partial charge in [0, 0.05) is 31.7 Å². The molecule has 0 aromatic rings. The minimum atomic E-state index is -1.08. The van der Waals surface area contributed by atoms with Crippen LogP contribution in [0.2, 0.25) is 0 Å². The van der Waals surface area contributed by atoms with Gasteiger partial charge < -0.3 is 10.8 Å². The maximum atomic E-state index is 10.3. The van der Waals surface area contributed by atoms with Gasteiger partial charge in [0.05, 0.1) is 6.10 Å². The molecule has 0 rings (SSSR count). The molecule has 11 heavy (non-hydrogen) atoms. The zero-order valence-corrected chi connectivity index (χ0v) is 6.78. The highest BCUT2D eigenvalue weighted by Gasteiger charge is 2.32. The van der Waals surface area contributed by atoms with Crippen LogP contribution in [0.1, 0.15) is 20.3 Å². The summed E-state index contributed by atoms with van der Waals surface area (Å²) in [6, 6.07) is 0. The smallest absolute Gasteiger partial charge is 0.219 e. The molecular weight excluding hydrogens is 148 g/mol. The molecule has 0 radical (unpaired) electrons. The van der Waals surface area contributed by atoms with Crippen molar-refractivity contribution in [2.45, 2.75) is 31.9 Å². The third-order valence-corrected chi connectivity index (χ3v) is 1.50. The summed E-state index contributed by atoms with van der Waals surface area (Å²) in [5, 5.41) is 19.3. The molecule has 1 unspecified atom stereocenters. The standard InChI is InChI=1S/C6H14N2O3/c1-6(2,8(10)11)3-5(9)4-7/h5,9H,3-4,7H2,1-2H3. The zero-order valence-electron chi connectivity index (χ0n) is 6.78. The van der Waals surface area contributed by atoms with Crippen LogP contribution < -0.4 is 5.73 Å². The molecule has 66 valence electrons. The molecule has 0 aliphatic rings. The van der Waals surface area contributed by atoms with E-state index < -0.39 is 16.6 Å². The average molecular weight is 162 g/mol. The Kier molecular flexibility index (Phi) is 3.41. The summed E-state index contributed by atoms with van der Waals surface area (Å²) in [6.07, 6.45) is -0.688. The summed E-state index contributed by atoms with van der Waals surface area (Å²) in [5.41, 5.74) is 4.02. The van der Waals surface area contributed by atoms with Crippen LogP contribution in [0.25, 0.3) is 0 Å². The van der Waals surface area contributed by atoms with Gasteiger partial charge in [-0.3, -0.25) is 10.1 Å². The molecule has 0 aromatic carbocycles. The van der Waals surface area contributed by atoms with Crippen LogP contribution in [0.4, 0.5) is 0 Å². The second-order valence-corrected chi connectivity index (χ2v) is 3.16. The van der Waals surface area contributed by atoms with E-state index in [9.17, 15) is 10.1 Å². The Labute approximate surface area is 65.4 Å². The number of rotatable bonds is 4. The van der Waals surface area contributed by atoms with Crippen LogP contribution in [0.5, 0.6) is 0 Å². The van der Waals surface area contributed by atoms with Crippen molar-refractivity contribution in [2.75, 3.05) is 6.54 Å². The van der Waals surface area contributed by atoms with Gasteiger partial charge in [-0.1, -0.05) is 0 Å². The summed E-state index contributed by atoms with van der Waals surface area (Å²) >= 11 is 0. The fraction of sp³-hybridized carbons (Fsp3) is 1.00. The van der Waals surface area contributed by atoms with Gasteiger partial charge in [-0.2, -0.15) is 0 Å². The van der Waals surface area contributed by atoms with Gasteiger partial charge in [-0.05, 0) is 0 Å². The fourth-order valence-electron chi connectivity index (χ4n) is 0.734. The number of nitrogens with zero attached hydrogens (tertiary/aromatic N) is 1. The average Bonchev–Trinajstić information content (AvgIpc) is 1.86. The first-order chi connectivity index (χ1) is 4.90. The summed E-state index contributed by atoms with van der Waals surface area (Å²) in [4.78, 5) is 9.92. The first kappa shape index (κ1) is 10.3. The van der Waals surface area contributed by atoms with Crippen LogP contribution in [-0.2, 0) is 0 Å². The van der Waals surface area contributed by atoms with E-state index in [0.717, 1.165) is 0 Å². The van der Waals surface area contributed by atoms with E-state index in [4.69, 9.17) is 10.8 Å². The lowest BCUT2D eigenvalue weighted by molar-refractivity contribution is -0.563. The van der Waals surface area contributed by atoms with Gasteiger partial charge >= 0.3 is 0 Å². The van der Waals surface area contributed by atoms with Gasteiger partial charge in [0.25, 0.3) is 0 Å². The van der Waals surface area contributed by atoms with E-state index >= 15 is 0 Å². The minimum absolute atomic E-state index is 0.0667. The van der Waals surface area contributed by atoms with Gasteiger partial charge in [0.15, 0.2) is 0 Å². The molecule has 0 aromatic heterocycles. The molecule has 5 heteroatoms. The molecule has 0 saturated carbocycles. The monoisotopic (exact) mass is 162 g/mol. The van der Waals surface area contributed by atoms with Crippen molar-refractivity contribution in [3.8, 4) is 0 Å². The van der Waals surface area contributed by atoms with Crippen molar-refractivity contribution in [1.29, 1.82) is 0 Å². The normalized spacial score (nSPS) is 14.5. The number of hydrogen-bond donors (Lipinski definition) is 2. The second kappa shape index (κ2) is 3.64. The topological polar surface area (TPSA) is 89.4 Å². The Hall–Kier alpha value is -0.680. The van der Waals surface area contributed by atoms with E-state index in [-0.39, 0.29) is 13.0 Å². The molecular formula is C6H14N2O3. The molecule has 0 fully saturated rings. The van der Waals surface area contributed by atoms with Crippen molar-refractivity contribution in [3.05, 3.63) is 10.1 Å². The van der Waals surface area contributed by atoms with Crippen molar-refractivity contribution in [1.82, 2.24) is 0 Å². The fourth-order valence-corrected chi connectivity index (χ4v) is 0.734. The molecule has 0 bridgehead atoms. The zero-order chi connectivity index (χ0) is 9.07. The number of nitro groups is 1. The van der Waals surface area contributed by atoms with E-state index in [2.05, 4.69) is 0 Å². The number of nitrogens with two attached hydrogens (primary N) is 1. The second-order valence-electron chi connectivity index (χ2n) is 3.16. The van der Waals surface area contributed by atoms with E-state index in [1.165, 1.54) is 13.8 Å². The van der Waals surface area contributed by atoms with Gasteiger partial charge in [0.2, 0.25) is 5.54 Å². The molecule has 0 saturated heterocycles. The summed E-state index contributed by atoms with van der Waals surface area (Å²) in [6.45, 7) is 3.00. The molecule has 3 N–H and O–H groups in total. The summed E-state index contributed by atoms with van der Waals surface area (Å²) in [7, 11) is 0. The highest BCUT2D eigenvalue weighted by molar-refractivity contribution is 4.72. The van der Waals surface area contributed by atoms with Crippen molar-refractivity contribution < 1.29 is 10.0 Å². The third kappa shape index (κ3) is 3.29. The Morgan fingerprint density at radius 1 is 1.73 bits per heavy atom. The van der Waals surface area contributed by atoms with Crippen molar-refractivity contribution in [3.63, 3.8) is 0 Å². The highest BCUT2D eigenvalue weighted by atomic mass is 16.6. The molecule has 0 spiro atoms. The first-order valence-electron chi connectivity index (χ1n) is 3.43. The largest absolute Gasteiger partial charge is 0.392 e. The molecule has 0 aliphatic heterocycles. The quantitative estimate of drug-likeness (QED) is 0.440. The Morgan fingerprint density at radius 2 is 2.18 bits per heavy atom. The SMILES string of the molecule is CC(C)(CC(O)CN)[N+](=O)[O-]. The maximum Gasteiger partial charge on any atom is 0.219 e. The maximum absolute atomic E-state index is 10.3. The van der Waals surface area contributed by atoms with Crippen LogP contribution in [0, 0.1) is 10.1 Å². The van der Waals surface area contributed by atoms with Crippen LogP contribution in [0.15, 0.2) is 0 Å². The van der Waals surface area contributed by atoms with Crippen LogP contribution in [0.3, 0.4) is 0 Å².